The fourth-order valence-electron chi connectivity index (χ4n) is 1.92. The van der Waals surface area contributed by atoms with Crippen LogP contribution in [0.4, 0.5) is 0 Å². The van der Waals surface area contributed by atoms with Crippen LogP contribution in [0.15, 0.2) is 29.2 Å². The lowest BCUT2D eigenvalue weighted by Gasteiger charge is -2.18. The average molecular weight is 343 g/mol. The first-order valence-electron chi connectivity index (χ1n) is 7.16. The van der Waals surface area contributed by atoms with Crippen LogP contribution >= 0.6 is 0 Å². The van der Waals surface area contributed by atoms with Gasteiger partial charge in [0, 0.05) is 13.1 Å². The summed E-state index contributed by atoms with van der Waals surface area (Å²) in [4.78, 5) is 23.2. The van der Waals surface area contributed by atoms with E-state index in [-0.39, 0.29) is 10.5 Å². The molecule has 0 radical (unpaired) electrons. The van der Waals surface area contributed by atoms with Gasteiger partial charge < -0.3 is 9.47 Å². The molecular formula is C15H21NO6S. The third kappa shape index (κ3) is 4.52. The summed E-state index contributed by atoms with van der Waals surface area (Å²) < 4.78 is 35.4. The van der Waals surface area contributed by atoms with Gasteiger partial charge in [0.25, 0.3) is 0 Å². The third-order valence-corrected chi connectivity index (χ3v) is 5.31. The van der Waals surface area contributed by atoms with Gasteiger partial charge >= 0.3 is 11.9 Å². The van der Waals surface area contributed by atoms with Crippen molar-refractivity contribution in [3.8, 4) is 0 Å². The first-order valence-corrected chi connectivity index (χ1v) is 8.60. The van der Waals surface area contributed by atoms with Gasteiger partial charge in [-0.3, -0.25) is 0 Å². The molecule has 1 aromatic rings. The molecular weight excluding hydrogens is 322 g/mol. The van der Waals surface area contributed by atoms with Crippen LogP contribution in [-0.2, 0) is 24.3 Å². The van der Waals surface area contributed by atoms with Crippen molar-refractivity contribution in [2.24, 2.45) is 0 Å². The van der Waals surface area contributed by atoms with E-state index in [9.17, 15) is 18.0 Å². The summed E-state index contributed by atoms with van der Waals surface area (Å²) in [5, 5.41) is 0. The number of sulfonamides is 1. The Morgan fingerprint density at radius 1 is 1.13 bits per heavy atom. The fourth-order valence-corrected chi connectivity index (χ4v) is 3.38. The Morgan fingerprint density at radius 3 is 2.09 bits per heavy atom. The van der Waals surface area contributed by atoms with E-state index < -0.39 is 28.1 Å². The first kappa shape index (κ1) is 19.1. The molecule has 0 saturated heterocycles. The number of benzene rings is 1. The van der Waals surface area contributed by atoms with Crippen LogP contribution in [0.2, 0.25) is 0 Å². The summed E-state index contributed by atoms with van der Waals surface area (Å²) >= 11 is 0. The molecule has 1 rings (SSSR count). The fraction of sp³-hybridized carbons (Fsp3) is 0.467. The molecule has 0 aliphatic carbocycles. The summed E-state index contributed by atoms with van der Waals surface area (Å²) in [6, 6.07) is 5.38. The SMILES string of the molecule is CCN(CC)S(=O)(=O)c1ccc(C(=O)O[C@@H](C)C(=O)OC)cc1. The van der Waals surface area contributed by atoms with Gasteiger partial charge in [0.05, 0.1) is 17.6 Å². The number of methoxy groups -OCH3 is 1. The normalized spacial score (nSPS) is 12.7. The molecule has 23 heavy (non-hydrogen) atoms. The number of hydrogen-bond acceptors (Lipinski definition) is 6. The van der Waals surface area contributed by atoms with E-state index in [4.69, 9.17) is 4.74 Å². The van der Waals surface area contributed by atoms with Crippen molar-refractivity contribution >= 4 is 22.0 Å². The zero-order chi connectivity index (χ0) is 17.6. The van der Waals surface area contributed by atoms with Gasteiger partial charge in [-0.05, 0) is 31.2 Å². The number of ether oxygens (including phenoxy) is 2. The molecule has 128 valence electrons. The lowest BCUT2D eigenvalue weighted by atomic mass is 10.2. The molecule has 0 fully saturated rings. The predicted octanol–water partition coefficient (Wildman–Crippen LogP) is 1.44. The Balaban J connectivity index is 2.92. The standard InChI is InChI=1S/C15H21NO6S/c1-5-16(6-2)23(19,20)13-9-7-12(8-10-13)15(18)22-11(3)14(17)21-4/h7-11H,5-6H2,1-4H3/t11-/m0/s1. The number of hydrogen-bond donors (Lipinski definition) is 0. The Hall–Kier alpha value is -1.93. The minimum absolute atomic E-state index is 0.0961. The minimum Gasteiger partial charge on any atom is -0.466 e. The highest BCUT2D eigenvalue weighted by molar-refractivity contribution is 7.89. The van der Waals surface area contributed by atoms with Gasteiger partial charge in [0.2, 0.25) is 10.0 Å². The average Bonchev–Trinajstić information content (AvgIpc) is 2.54. The van der Waals surface area contributed by atoms with Crippen molar-refractivity contribution in [2.75, 3.05) is 20.2 Å². The van der Waals surface area contributed by atoms with Gasteiger partial charge in [-0.15, -0.1) is 0 Å². The number of nitrogens with zero attached hydrogens (tertiary/aromatic N) is 1. The molecule has 0 aliphatic rings. The van der Waals surface area contributed by atoms with E-state index >= 15 is 0 Å². The van der Waals surface area contributed by atoms with Crippen LogP contribution < -0.4 is 0 Å². The summed E-state index contributed by atoms with van der Waals surface area (Å²) in [5.41, 5.74) is 0.152. The summed E-state index contributed by atoms with van der Waals surface area (Å²) in [6.45, 7) is 5.61. The Morgan fingerprint density at radius 2 is 1.65 bits per heavy atom. The van der Waals surface area contributed by atoms with Gasteiger partial charge in [-0.1, -0.05) is 13.8 Å². The van der Waals surface area contributed by atoms with Crippen LogP contribution in [0, 0.1) is 0 Å². The molecule has 1 aromatic carbocycles. The highest BCUT2D eigenvalue weighted by Crippen LogP contribution is 2.17. The van der Waals surface area contributed by atoms with Crippen LogP contribution in [-0.4, -0.2) is 51.0 Å². The predicted molar refractivity (Wildman–Crippen MR) is 83.4 cm³/mol. The molecule has 7 nitrogen and oxygen atoms in total. The van der Waals surface area contributed by atoms with Crippen LogP contribution in [0.3, 0.4) is 0 Å². The maximum atomic E-state index is 12.3. The molecule has 0 amide bonds. The molecule has 1 atom stereocenters. The smallest absolute Gasteiger partial charge is 0.346 e. The highest BCUT2D eigenvalue weighted by atomic mass is 32.2. The van der Waals surface area contributed by atoms with Crippen molar-refractivity contribution in [1.29, 1.82) is 0 Å². The second-order valence-electron chi connectivity index (χ2n) is 4.68. The van der Waals surface area contributed by atoms with Crippen molar-refractivity contribution in [1.82, 2.24) is 4.31 Å². The Labute approximate surface area is 136 Å². The maximum Gasteiger partial charge on any atom is 0.346 e. The molecule has 8 heteroatoms. The minimum atomic E-state index is -3.58. The molecule has 0 aromatic heterocycles. The van der Waals surface area contributed by atoms with E-state index in [2.05, 4.69) is 4.74 Å². The first-order chi connectivity index (χ1) is 10.8. The van der Waals surface area contributed by atoms with E-state index in [1.165, 1.54) is 42.6 Å². The lowest BCUT2D eigenvalue weighted by molar-refractivity contribution is -0.149. The van der Waals surface area contributed by atoms with Crippen molar-refractivity contribution in [3.63, 3.8) is 0 Å². The topological polar surface area (TPSA) is 90.0 Å². The van der Waals surface area contributed by atoms with Crippen molar-refractivity contribution in [2.45, 2.75) is 31.8 Å². The van der Waals surface area contributed by atoms with Crippen LogP contribution in [0.1, 0.15) is 31.1 Å². The van der Waals surface area contributed by atoms with Gasteiger partial charge in [-0.25, -0.2) is 18.0 Å². The zero-order valence-electron chi connectivity index (χ0n) is 13.6. The number of carbonyl (C=O) groups is 2. The molecule has 0 bridgehead atoms. The van der Waals surface area contributed by atoms with Crippen molar-refractivity contribution < 1.29 is 27.5 Å². The third-order valence-electron chi connectivity index (χ3n) is 3.25. The van der Waals surface area contributed by atoms with Crippen molar-refractivity contribution in [3.05, 3.63) is 29.8 Å². The van der Waals surface area contributed by atoms with Gasteiger partial charge in [-0.2, -0.15) is 4.31 Å². The number of rotatable bonds is 7. The number of carbonyl (C=O) groups excluding carboxylic acids is 2. The van der Waals surface area contributed by atoms with Gasteiger partial charge in [0.15, 0.2) is 6.10 Å². The molecule has 0 heterocycles. The molecule has 0 N–H and O–H groups in total. The van der Waals surface area contributed by atoms with E-state index in [1.54, 1.807) is 13.8 Å². The Bertz CT molecular complexity index is 649. The molecule has 0 aliphatic heterocycles. The van der Waals surface area contributed by atoms with Crippen LogP contribution in [0.5, 0.6) is 0 Å². The molecule has 0 unspecified atom stereocenters. The second kappa shape index (κ2) is 8.07. The number of esters is 2. The van der Waals surface area contributed by atoms with E-state index in [0.717, 1.165) is 0 Å². The molecule has 0 spiro atoms. The summed E-state index contributed by atoms with van der Waals surface area (Å²) in [5.74, 6) is -1.39. The van der Waals surface area contributed by atoms with Crippen LogP contribution in [0.25, 0.3) is 0 Å². The lowest BCUT2D eigenvalue weighted by Crippen LogP contribution is -2.30. The van der Waals surface area contributed by atoms with E-state index in [1.807, 2.05) is 0 Å². The van der Waals surface area contributed by atoms with Gasteiger partial charge in [0.1, 0.15) is 0 Å². The highest BCUT2D eigenvalue weighted by Gasteiger charge is 2.23. The summed E-state index contributed by atoms with van der Waals surface area (Å²) in [7, 11) is -2.38. The zero-order valence-corrected chi connectivity index (χ0v) is 14.4. The largest absolute Gasteiger partial charge is 0.466 e. The second-order valence-corrected chi connectivity index (χ2v) is 6.62. The van der Waals surface area contributed by atoms with E-state index in [0.29, 0.717) is 13.1 Å². The molecule has 0 saturated carbocycles. The Kier molecular flexibility index (Phi) is 6.71. The summed E-state index contributed by atoms with van der Waals surface area (Å²) in [6.07, 6.45) is -1.04. The monoisotopic (exact) mass is 343 g/mol. The maximum absolute atomic E-state index is 12.3. The quantitative estimate of drug-likeness (QED) is 0.696.